The molecule has 0 aliphatic carbocycles. The van der Waals surface area contributed by atoms with E-state index in [-0.39, 0.29) is 22.1 Å². The molecular weight excluding hydrogens is 525 g/mol. The number of fused-ring (bicyclic) bond motifs is 3. The van der Waals surface area contributed by atoms with Gasteiger partial charge in [-0.3, -0.25) is 0 Å². The fourth-order valence-corrected chi connectivity index (χ4v) is 6.97. The minimum atomic E-state index is -0.188. The van der Waals surface area contributed by atoms with Crippen LogP contribution in [0.25, 0.3) is 38.6 Å². The number of nitrogens with zero attached hydrogens (tertiary/aromatic N) is 1. The van der Waals surface area contributed by atoms with Crippen LogP contribution in [-0.4, -0.2) is 4.57 Å². The quantitative estimate of drug-likeness (QED) is 0.196. The lowest BCUT2D eigenvalue weighted by molar-refractivity contribution is 0.284. The fourth-order valence-electron chi connectivity index (χ4n) is 6.97. The molecule has 1 nitrogen and oxygen atoms in total. The molecule has 1 heterocycles. The Morgan fingerprint density at radius 1 is 0.698 bits per heavy atom. The average molecular weight is 576 g/mol. The van der Waals surface area contributed by atoms with Gasteiger partial charge in [0.25, 0.3) is 0 Å². The predicted octanol–water partition coefficient (Wildman–Crippen LogP) is 12.3. The first-order chi connectivity index (χ1) is 19.9. The lowest BCUT2D eigenvalue weighted by atomic mass is 9.71. The number of halogens is 1. The number of aryl methyl sites for hydroxylation is 1. The van der Waals surface area contributed by atoms with E-state index in [4.69, 9.17) is 0 Å². The topological polar surface area (TPSA) is 4.93 Å². The van der Waals surface area contributed by atoms with Crippen LogP contribution >= 0.6 is 0 Å². The maximum Gasteiger partial charge on any atom is 0.124 e. The summed E-state index contributed by atoms with van der Waals surface area (Å²) >= 11 is 0. The molecule has 0 radical (unpaired) electrons. The molecule has 5 aromatic rings. The monoisotopic (exact) mass is 575 g/mol. The zero-order valence-electron chi connectivity index (χ0n) is 28.5. The molecular formula is C41H50FN. The first-order valence-corrected chi connectivity index (χ1v) is 15.9. The van der Waals surface area contributed by atoms with Crippen LogP contribution in [0.15, 0.2) is 66.7 Å². The summed E-state index contributed by atoms with van der Waals surface area (Å²) in [7, 11) is 0. The number of hydrogen-bond donors (Lipinski definition) is 0. The Labute approximate surface area is 259 Å². The molecule has 0 spiro atoms. The zero-order chi connectivity index (χ0) is 31.6. The van der Waals surface area contributed by atoms with Crippen molar-refractivity contribution in [1.82, 2.24) is 4.57 Å². The zero-order valence-corrected chi connectivity index (χ0v) is 28.5. The molecule has 0 saturated carbocycles. The lowest BCUT2D eigenvalue weighted by Crippen LogP contribution is -2.25. The van der Waals surface area contributed by atoms with Crippen LogP contribution in [0.2, 0.25) is 0 Å². The molecule has 0 bridgehead atoms. The van der Waals surface area contributed by atoms with Crippen molar-refractivity contribution in [2.24, 2.45) is 5.41 Å². The van der Waals surface area contributed by atoms with Crippen LogP contribution < -0.4 is 0 Å². The van der Waals surface area contributed by atoms with E-state index in [0.717, 1.165) is 34.4 Å². The fraction of sp³-hybridized carbons (Fsp3) is 0.415. The van der Waals surface area contributed by atoms with Gasteiger partial charge >= 0.3 is 0 Å². The summed E-state index contributed by atoms with van der Waals surface area (Å²) in [6, 6.07) is 24.3. The Kier molecular flexibility index (Phi) is 7.69. The third-order valence-electron chi connectivity index (χ3n) is 9.20. The summed E-state index contributed by atoms with van der Waals surface area (Å²) in [5.41, 5.74) is 11.7. The molecule has 0 fully saturated rings. The average Bonchev–Trinajstić information content (AvgIpc) is 3.21. The Bertz CT molecular complexity index is 1830. The van der Waals surface area contributed by atoms with Crippen LogP contribution in [0.5, 0.6) is 0 Å². The van der Waals surface area contributed by atoms with E-state index in [2.05, 4.69) is 135 Å². The van der Waals surface area contributed by atoms with Gasteiger partial charge in [-0.2, -0.15) is 0 Å². The normalized spacial score (nSPS) is 13.1. The molecule has 0 saturated heterocycles. The molecule has 1 aromatic heterocycles. The van der Waals surface area contributed by atoms with E-state index < -0.39 is 0 Å². The van der Waals surface area contributed by atoms with Crippen molar-refractivity contribution in [3.05, 3.63) is 100 Å². The summed E-state index contributed by atoms with van der Waals surface area (Å²) in [6.07, 6.45) is 1.03. The van der Waals surface area contributed by atoms with Gasteiger partial charge in [-0.05, 0) is 118 Å². The number of aromatic nitrogens is 1. The van der Waals surface area contributed by atoms with Crippen molar-refractivity contribution in [2.75, 3.05) is 0 Å². The van der Waals surface area contributed by atoms with E-state index in [9.17, 15) is 4.39 Å². The molecule has 4 aromatic carbocycles. The van der Waals surface area contributed by atoms with E-state index >= 15 is 0 Å². The Balaban J connectivity index is 1.92. The van der Waals surface area contributed by atoms with Crippen molar-refractivity contribution in [2.45, 2.75) is 106 Å². The largest absolute Gasteiger partial charge is 0.309 e. The minimum absolute atomic E-state index is 0.0243. The highest BCUT2D eigenvalue weighted by Gasteiger charge is 2.29. The van der Waals surface area contributed by atoms with Gasteiger partial charge in [0.2, 0.25) is 0 Å². The van der Waals surface area contributed by atoms with E-state index in [1.807, 2.05) is 6.92 Å². The Hall–Kier alpha value is -3.39. The van der Waals surface area contributed by atoms with Crippen molar-refractivity contribution in [1.29, 1.82) is 0 Å². The summed E-state index contributed by atoms with van der Waals surface area (Å²) in [4.78, 5) is 0. The van der Waals surface area contributed by atoms with E-state index in [0.29, 0.717) is 5.92 Å². The third-order valence-corrected chi connectivity index (χ3v) is 9.20. The maximum absolute atomic E-state index is 14.9. The highest BCUT2D eigenvalue weighted by atomic mass is 19.1. The molecule has 226 valence electrons. The van der Waals surface area contributed by atoms with Gasteiger partial charge < -0.3 is 4.57 Å². The summed E-state index contributed by atoms with van der Waals surface area (Å²) < 4.78 is 17.4. The summed E-state index contributed by atoms with van der Waals surface area (Å²) in [5.74, 6) is 0.235. The van der Waals surface area contributed by atoms with Crippen molar-refractivity contribution in [3.63, 3.8) is 0 Å². The highest BCUT2D eigenvalue weighted by molar-refractivity contribution is 6.09. The molecule has 2 heteroatoms. The standard InChI is InChI=1S/C41H50FN/c1-25(2)28-13-15-34-35-16-14-30(40(8,9)10)22-38(35)43(37(34)20-28)33-19-29(36-23-32(42)17-26(3)27(36)4)18-31(21-33)41(11,12)24-39(5,6)7/h13-23,25H,24H2,1-12H3. The van der Waals surface area contributed by atoms with Gasteiger partial charge in [-0.15, -0.1) is 0 Å². The van der Waals surface area contributed by atoms with Gasteiger partial charge in [0.1, 0.15) is 5.82 Å². The molecule has 0 unspecified atom stereocenters. The van der Waals surface area contributed by atoms with Crippen molar-refractivity contribution in [3.8, 4) is 16.8 Å². The second kappa shape index (κ2) is 10.7. The first-order valence-electron chi connectivity index (χ1n) is 15.9. The number of hydrogen-bond acceptors (Lipinski definition) is 0. The molecule has 0 amide bonds. The van der Waals surface area contributed by atoms with Gasteiger partial charge in [0.15, 0.2) is 0 Å². The predicted molar refractivity (Wildman–Crippen MR) is 186 cm³/mol. The van der Waals surface area contributed by atoms with Crippen LogP contribution in [0.3, 0.4) is 0 Å². The molecule has 5 rings (SSSR count). The van der Waals surface area contributed by atoms with E-state index in [1.54, 1.807) is 12.1 Å². The van der Waals surface area contributed by atoms with Gasteiger partial charge in [-0.1, -0.05) is 99.6 Å². The van der Waals surface area contributed by atoms with Crippen LogP contribution in [0.1, 0.15) is 109 Å². The van der Waals surface area contributed by atoms with E-state index in [1.165, 1.54) is 38.5 Å². The summed E-state index contributed by atoms with van der Waals surface area (Å²) in [6.45, 7) is 27.1. The number of benzene rings is 4. The Morgan fingerprint density at radius 3 is 1.93 bits per heavy atom. The Morgan fingerprint density at radius 2 is 1.33 bits per heavy atom. The highest BCUT2D eigenvalue weighted by Crippen LogP contribution is 2.42. The molecule has 0 N–H and O–H groups in total. The molecule has 0 atom stereocenters. The third kappa shape index (κ3) is 6.03. The van der Waals surface area contributed by atoms with Gasteiger partial charge in [0, 0.05) is 16.5 Å². The van der Waals surface area contributed by atoms with Crippen molar-refractivity contribution < 1.29 is 4.39 Å². The smallest absolute Gasteiger partial charge is 0.124 e. The van der Waals surface area contributed by atoms with Gasteiger partial charge in [0.05, 0.1) is 11.0 Å². The summed E-state index contributed by atoms with van der Waals surface area (Å²) in [5, 5.41) is 2.52. The first kappa shape index (κ1) is 31.0. The van der Waals surface area contributed by atoms with Crippen LogP contribution in [0, 0.1) is 25.1 Å². The second-order valence-corrected chi connectivity index (χ2v) is 16.0. The van der Waals surface area contributed by atoms with Gasteiger partial charge in [-0.25, -0.2) is 4.39 Å². The maximum atomic E-state index is 14.9. The SMILES string of the molecule is Cc1cc(F)cc(-c2cc(-n3c4cc(C(C)C)ccc4c4ccc(C(C)(C)C)cc43)cc(C(C)(C)CC(C)(C)C)c2)c1C. The van der Waals surface area contributed by atoms with Crippen LogP contribution in [0.4, 0.5) is 4.39 Å². The molecule has 0 aliphatic rings. The second-order valence-electron chi connectivity index (χ2n) is 16.0. The minimum Gasteiger partial charge on any atom is -0.309 e. The number of rotatable bonds is 5. The van der Waals surface area contributed by atoms with Crippen molar-refractivity contribution >= 4 is 21.8 Å². The van der Waals surface area contributed by atoms with Crippen LogP contribution in [-0.2, 0) is 10.8 Å². The molecule has 43 heavy (non-hydrogen) atoms. The lowest BCUT2D eigenvalue weighted by Gasteiger charge is -2.34. The molecule has 0 aliphatic heterocycles.